The quantitative estimate of drug-likeness (QED) is 0.325. The molecule has 2 aromatic rings. The Hall–Kier alpha value is -1.08. The van der Waals surface area contributed by atoms with E-state index in [1.807, 2.05) is 6.92 Å². The molecule has 0 spiro atoms. The highest BCUT2D eigenvalue weighted by atomic mass is 79.9. The van der Waals surface area contributed by atoms with Gasteiger partial charge in [-0.3, -0.25) is 13.9 Å². The minimum atomic E-state index is -0.278. The fraction of sp³-hybridized carbons (Fsp3) is 0.706. The van der Waals surface area contributed by atoms with Crippen LogP contribution in [0, 0.1) is 0 Å². The maximum atomic E-state index is 13.0. The van der Waals surface area contributed by atoms with Crippen molar-refractivity contribution in [2.45, 2.75) is 72.0 Å². The molecule has 0 fully saturated rings. The van der Waals surface area contributed by atoms with Gasteiger partial charge in [-0.05, 0) is 37.3 Å². The van der Waals surface area contributed by atoms with Crippen molar-refractivity contribution in [1.82, 2.24) is 18.7 Å². The topological polar surface area (TPSA) is 61.8 Å². The first kappa shape index (κ1) is 20.2. The molecule has 0 aliphatic carbocycles. The summed E-state index contributed by atoms with van der Waals surface area (Å²) >= 11 is 9.66. The highest BCUT2D eigenvalue weighted by molar-refractivity contribution is 9.09. The molecule has 2 rings (SSSR count). The number of alkyl halides is 1. The van der Waals surface area contributed by atoms with Crippen LogP contribution in [0.1, 0.15) is 52.4 Å². The summed E-state index contributed by atoms with van der Waals surface area (Å²) in [4.78, 5) is 30.2. The summed E-state index contributed by atoms with van der Waals surface area (Å²) in [6.45, 7) is 5.68. The van der Waals surface area contributed by atoms with Gasteiger partial charge in [0.15, 0.2) is 11.2 Å². The molecule has 0 aliphatic rings. The Labute approximate surface area is 160 Å². The number of fused-ring (bicyclic) bond motifs is 1. The molecule has 0 amide bonds. The Morgan fingerprint density at radius 1 is 0.920 bits per heavy atom. The van der Waals surface area contributed by atoms with Gasteiger partial charge in [-0.1, -0.05) is 42.6 Å². The van der Waals surface area contributed by atoms with E-state index in [9.17, 15) is 9.59 Å². The molecule has 0 atom stereocenters. The number of imidazole rings is 1. The number of unbranched alkanes of at least 4 members (excludes halogenated alkanes) is 3. The van der Waals surface area contributed by atoms with Crippen LogP contribution in [0.15, 0.2) is 9.59 Å². The summed E-state index contributed by atoms with van der Waals surface area (Å²) in [5, 5.41) is 1.20. The Kier molecular flexibility index (Phi) is 7.75. The lowest BCUT2D eigenvalue weighted by Crippen LogP contribution is -2.40. The molecule has 0 saturated heterocycles. The first-order valence-electron chi connectivity index (χ1n) is 9.02. The second-order valence-electron chi connectivity index (χ2n) is 6.20. The average molecular weight is 434 g/mol. The summed E-state index contributed by atoms with van der Waals surface area (Å²) in [5.74, 6) is 0. The number of hydrogen-bond acceptors (Lipinski definition) is 3. The molecule has 0 bridgehead atoms. The van der Waals surface area contributed by atoms with Gasteiger partial charge in [-0.15, -0.1) is 0 Å². The SMILES string of the molecule is CCCCn1c(=O)n(CCCCCBr)c(=O)c2c1nc(Cl)n2CCC. The third-order valence-electron chi connectivity index (χ3n) is 4.27. The molecule has 0 saturated carbocycles. The Bertz CT molecular complexity index is 825. The highest BCUT2D eigenvalue weighted by Gasteiger charge is 2.20. The number of rotatable bonds is 10. The van der Waals surface area contributed by atoms with E-state index in [0.717, 1.165) is 43.9 Å². The summed E-state index contributed by atoms with van der Waals surface area (Å²) in [7, 11) is 0. The largest absolute Gasteiger partial charge is 0.332 e. The van der Waals surface area contributed by atoms with Gasteiger partial charge in [0.05, 0.1) is 0 Å². The third kappa shape index (κ3) is 4.37. The molecular weight excluding hydrogens is 408 g/mol. The van der Waals surface area contributed by atoms with E-state index >= 15 is 0 Å². The van der Waals surface area contributed by atoms with Crippen molar-refractivity contribution in [2.24, 2.45) is 0 Å². The molecule has 6 nitrogen and oxygen atoms in total. The van der Waals surface area contributed by atoms with E-state index in [1.54, 1.807) is 9.13 Å². The highest BCUT2D eigenvalue weighted by Crippen LogP contribution is 2.17. The Morgan fingerprint density at radius 3 is 2.28 bits per heavy atom. The molecule has 0 unspecified atom stereocenters. The van der Waals surface area contributed by atoms with Gasteiger partial charge in [0.25, 0.3) is 5.56 Å². The lowest BCUT2D eigenvalue weighted by Gasteiger charge is -2.12. The number of aromatic nitrogens is 4. The van der Waals surface area contributed by atoms with E-state index in [1.165, 1.54) is 4.57 Å². The summed E-state index contributed by atoms with van der Waals surface area (Å²) in [6, 6.07) is 0. The zero-order valence-corrected chi connectivity index (χ0v) is 17.3. The minimum absolute atomic E-state index is 0.274. The minimum Gasteiger partial charge on any atom is -0.309 e. The molecule has 0 aliphatic heterocycles. The van der Waals surface area contributed by atoms with Crippen LogP contribution in [-0.4, -0.2) is 24.0 Å². The molecule has 25 heavy (non-hydrogen) atoms. The van der Waals surface area contributed by atoms with Crippen LogP contribution in [0.4, 0.5) is 0 Å². The number of halogens is 2. The third-order valence-corrected chi connectivity index (χ3v) is 5.11. The van der Waals surface area contributed by atoms with Crippen molar-refractivity contribution < 1.29 is 0 Å². The molecule has 2 aromatic heterocycles. The van der Waals surface area contributed by atoms with Crippen molar-refractivity contribution in [3.8, 4) is 0 Å². The number of aryl methyl sites for hydroxylation is 2. The van der Waals surface area contributed by atoms with Gasteiger partial charge in [-0.2, -0.15) is 4.98 Å². The van der Waals surface area contributed by atoms with Gasteiger partial charge >= 0.3 is 5.69 Å². The fourth-order valence-corrected chi connectivity index (χ4v) is 3.59. The zero-order chi connectivity index (χ0) is 18.4. The van der Waals surface area contributed by atoms with Crippen LogP contribution in [-0.2, 0) is 19.6 Å². The maximum absolute atomic E-state index is 13.0. The van der Waals surface area contributed by atoms with Crippen LogP contribution in [0.5, 0.6) is 0 Å². The van der Waals surface area contributed by atoms with E-state index < -0.39 is 0 Å². The Balaban J connectivity index is 2.60. The number of nitrogens with zero attached hydrogens (tertiary/aromatic N) is 4. The second kappa shape index (κ2) is 9.57. The predicted molar refractivity (Wildman–Crippen MR) is 106 cm³/mol. The van der Waals surface area contributed by atoms with E-state index in [4.69, 9.17) is 11.6 Å². The average Bonchev–Trinajstić information content (AvgIpc) is 2.91. The van der Waals surface area contributed by atoms with Crippen molar-refractivity contribution in [3.63, 3.8) is 0 Å². The van der Waals surface area contributed by atoms with Crippen LogP contribution in [0.3, 0.4) is 0 Å². The number of hydrogen-bond donors (Lipinski definition) is 0. The van der Waals surface area contributed by atoms with Crippen molar-refractivity contribution >= 4 is 38.7 Å². The van der Waals surface area contributed by atoms with Gasteiger partial charge in [-0.25, -0.2) is 4.79 Å². The van der Waals surface area contributed by atoms with Gasteiger partial charge < -0.3 is 4.57 Å². The van der Waals surface area contributed by atoms with Crippen LogP contribution in [0.2, 0.25) is 5.28 Å². The summed E-state index contributed by atoms with van der Waals surface area (Å²) < 4.78 is 4.70. The zero-order valence-electron chi connectivity index (χ0n) is 14.9. The van der Waals surface area contributed by atoms with Crippen molar-refractivity contribution in [3.05, 3.63) is 26.1 Å². The van der Waals surface area contributed by atoms with E-state index in [2.05, 4.69) is 27.8 Å². The Morgan fingerprint density at radius 2 is 1.64 bits per heavy atom. The molecule has 0 radical (unpaired) electrons. The maximum Gasteiger partial charge on any atom is 0.332 e. The van der Waals surface area contributed by atoms with Crippen LogP contribution >= 0.6 is 27.5 Å². The summed E-state index contributed by atoms with van der Waals surface area (Å²) in [5.41, 5.74) is 0.309. The standard InChI is InChI=1S/C17H26BrClN4O2/c1-3-5-11-22-14-13(21(10-4-2)16(19)20-14)15(24)23(17(22)25)12-8-6-7-9-18/h3-12H2,1-2H3. The fourth-order valence-electron chi connectivity index (χ4n) is 2.95. The smallest absolute Gasteiger partial charge is 0.309 e. The van der Waals surface area contributed by atoms with Crippen LogP contribution < -0.4 is 11.2 Å². The summed E-state index contributed by atoms with van der Waals surface area (Å²) in [6.07, 6.45) is 5.45. The lowest BCUT2D eigenvalue weighted by molar-refractivity contribution is 0.520. The predicted octanol–water partition coefficient (Wildman–Crippen LogP) is 3.79. The molecule has 0 N–H and O–H groups in total. The lowest BCUT2D eigenvalue weighted by atomic mass is 10.2. The van der Waals surface area contributed by atoms with Crippen molar-refractivity contribution in [2.75, 3.05) is 5.33 Å². The molecule has 0 aromatic carbocycles. The first-order valence-corrected chi connectivity index (χ1v) is 10.5. The molecule has 8 heteroatoms. The molecular formula is C17H26BrClN4O2. The molecule has 140 valence electrons. The van der Waals surface area contributed by atoms with E-state index in [0.29, 0.717) is 30.8 Å². The normalized spacial score (nSPS) is 11.5. The van der Waals surface area contributed by atoms with Gasteiger partial charge in [0.2, 0.25) is 5.28 Å². The van der Waals surface area contributed by atoms with Crippen LogP contribution in [0.25, 0.3) is 11.2 Å². The van der Waals surface area contributed by atoms with Gasteiger partial charge in [0.1, 0.15) is 0 Å². The first-order chi connectivity index (χ1) is 12.1. The van der Waals surface area contributed by atoms with Crippen molar-refractivity contribution in [1.29, 1.82) is 0 Å². The second-order valence-corrected chi connectivity index (χ2v) is 7.33. The monoisotopic (exact) mass is 432 g/mol. The molecule has 2 heterocycles. The van der Waals surface area contributed by atoms with E-state index in [-0.39, 0.29) is 16.5 Å². The van der Waals surface area contributed by atoms with Gasteiger partial charge in [0, 0.05) is 25.0 Å².